The molecule has 3 N–H and O–H groups in total. The predicted octanol–water partition coefficient (Wildman–Crippen LogP) is 3.64. The summed E-state index contributed by atoms with van der Waals surface area (Å²) in [6, 6.07) is 9.53. The third-order valence-corrected chi connectivity index (χ3v) is 16.1. The largest absolute Gasteiger partial charge is 0.492 e. The zero-order chi connectivity index (χ0) is 42.8. The Hall–Kier alpha value is -5.18. The Morgan fingerprint density at radius 1 is 0.921 bits per heavy atom. The second-order valence-corrected chi connectivity index (χ2v) is 20.3. The second-order valence-electron chi connectivity index (χ2n) is 17.3. The molecule has 1 saturated carbocycles. The summed E-state index contributed by atoms with van der Waals surface area (Å²) >= 11 is 0. The highest BCUT2D eigenvalue weighted by Crippen LogP contribution is 2.42. The van der Waals surface area contributed by atoms with Gasteiger partial charge < -0.3 is 48.9 Å². The van der Waals surface area contributed by atoms with Crippen LogP contribution >= 0.6 is 0 Å². The van der Waals surface area contributed by atoms with Gasteiger partial charge in [0.15, 0.2) is 5.58 Å². The van der Waals surface area contributed by atoms with E-state index in [1.807, 2.05) is 37.4 Å². The number of anilines is 5. The van der Waals surface area contributed by atoms with Gasteiger partial charge in [0.2, 0.25) is 11.9 Å². The van der Waals surface area contributed by atoms with E-state index < -0.39 is 21.6 Å². The number of hydrogen-bond donors (Lipinski definition) is 3. The molecule has 4 fully saturated rings. The van der Waals surface area contributed by atoms with E-state index in [4.69, 9.17) is 38.8 Å². The molecule has 18 nitrogen and oxygen atoms in total. The van der Waals surface area contributed by atoms with Gasteiger partial charge >= 0.3 is 0 Å². The Morgan fingerprint density at radius 3 is 2.35 bits per heavy atom. The van der Waals surface area contributed by atoms with E-state index in [9.17, 15) is 13.5 Å². The van der Waals surface area contributed by atoms with Crippen LogP contribution in [0.4, 0.5) is 29.5 Å². The van der Waals surface area contributed by atoms with Gasteiger partial charge in [0.1, 0.15) is 44.2 Å². The molecule has 4 aromatic heterocycles. The van der Waals surface area contributed by atoms with Crippen molar-refractivity contribution in [3.63, 3.8) is 0 Å². The number of nitrogens with zero attached hydrogens (tertiary/aromatic N) is 10. The Kier molecular flexibility index (Phi) is 10.6. The molecule has 7 aliphatic rings. The van der Waals surface area contributed by atoms with E-state index in [1.54, 1.807) is 0 Å². The van der Waals surface area contributed by atoms with Crippen molar-refractivity contribution >= 4 is 68.0 Å². The molecule has 20 heteroatoms. The Morgan fingerprint density at radius 2 is 1.63 bits per heavy atom. The number of benzene rings is 1. The first-order valence-corrected chi connectivity index (χ1v) is 24.7. The number of imidazole rings is 1. The highest BCUT2D eigenvalue weighted by Gasteiger charge is 2.47. The maximum atomic E-state index is 12.7. The lowest BCUT2D eigenvalue weighted by Crippen LogP contribution is -2.47. The average Bonchev–Trinajstić information content (AvgIpc) is 3.98. The second kappa shape index (κ2) is 16.4. The Bertz CT molecular complexity index is 2590. The maximum Gasteiger partial charge on any atom is 0.298 e. The molecule has 6 aliphatic heterocycles. The summed E-state index contributed by atoms with van der Waals surface area (Å²) < 4.78 is 44.4. The van der Waals surface area contributed by atoms with Crippen LogP contribution in [0.3, 0.4) is 0 Å². The van der Waals surface area contributed by atoms with Crippen LogP contribution in [-0.4, -0.2) is 129 Å². The van der Waals surface area contributed by atoms with Crippen molar-refractivity contribution in [2.24, 2.45) is 0 Å². The fourth-order valence-electron chi connectivity index (χ4n) is 9.52. The number of oxazole rings is 1. The zero-order valence-corrected chi connectivity index (χ0v) is 37.0. The molecule has 0 amide bonds. The molecule has 4 atom stereocenters. The van der Waals surface area contributed by atoms with Gasteiger partial charge in [-0.1, -0.05) is 18.7 Å². The molecular weight excluding hydrogens is 845 g/mol. The van der Waals surface area contributed by atoms with Gasteiger partial charge in [0, 0.05) is 76.0 Å². The van der Waals surface area contributed by atoms with Gasteiger partial charge in [-0.3, -0.25) is 8.42 Å². The fourth-order valence-corrected chi connectivity index (χ4v) is 12.1. The number of aliphatic hydroxyl groups excluding tert-OH is 1. The van der Waals surface area contributed by atoms with Crippen LogP contribution in [0, 0.1) is 0 Å². The zero-order valence-electron chi connectivity index (χ0n) is 35.3. The number of aryl methyl sites for hydroxylation is 2. The SMILES string of the molecule is C=C(OCC)c1cn2c(n1)CN(c1nc3c(c(NC4(CO)CC4)n1)S(=O)CC3)CC2.O=S1CCc2nc(N3C[C@H]4CC3CN4c3nc4ccccc4o3)nc(NC3CCOCC3)c21. The van der Waals surface area contributed by atoms with Gasteiger partial charge in [-0.05, 0) is 51.2 Å². The summed E-state index contributed by atoms with van der Waals surface area (Å²) in [5.41, 5.74) is 3.91. The van der Waals surface area contributed by atoms with Crippen molar-refractivity contribution in [3.05, 3.63) is 59.9 Å². The summed E-state index contributed by atoms with van der Waals surface area (Å²) in [6.45, 7) is 11.7. The molecule has 12 rings (SSSR count). The van der Waals surface area contributed by atoms with Crippen LogP contribution in [0.25, 0.3) is 16.9 Å². The normalized spacial score (nSPS) is 24.2. The lowest BCUT2D eigenvalue weighted by Gasteiger charge is -2.34. The van der Waals surface area contributed by atoms with Gasteiger partial charge in [-0.15, -0.1) is 0 Å². The Balaban J connectivity index is 0.000000142. The number of nitrogens with one attached hydrogen (secondary N) is 2. The molecule has 3 saturated heterocycles. The molecule has 332 valence electrons. The summed E-state index contributed by atoms with van der Waals surface area (Å²) in [4.78, 5) is 36.9. The lowest BCUT2D eigenvalue weighted by molar-refractivity contribution is 0.0903. The van der Waals surface area contributed by atoms with Crippen LogP contribution in [0.1, 0.15) is 61.9 Å². The first-order chi connectivity index (χ1) is 30.7. The van der Waals surface area contributed by atoms with E-state index in [0.717, 1.165) is 129 Å². The fraction of sp³-hybridized carbons (Fsp3) is 0.535. The predicted molar refractivity (Wildman–Crippen MR) is 239 cm³/mol. The average molecular weight is 897 g/mol. The highest BCUT2D eigenvalue weighted by molar-refractivity contribution is 7.85. The monoisotopic (exact) mass is 896 g/mol. The van der Waals surface area contributed by atoms with Crippen molar-refractivity contribution in [3.8, 4) is 0 Å². The molecule has 0 radical (unpaired) electrons. The van der Waals surface area contributed by atoms with E-state index >= 15 is 0 Å². The minimum Gasteiger partial charge on any atom is -0.492 e. The topological polar surface area (TPSA) is 202 Å². The maximum absolute atomic E-state index is 12.7. The van der Waals surface area contributed by atoms with Crippen molar-refractivity contribution in [1.29, 1.82) is 0 Å². The summed E-state index contributed by atoms with van der Waals surface area (Å²) in [5, 5.41) is 16.7. The molecular formula is C43H52N12O6S2. The van der Waals surface area contributed by atoms with Crippen LogP contribution in [-0.2, 0) is 57.0 Å². The van der Waals surface area contributed by atoms with Crippen molar-refractivity contribution in [2.75, 3.05) is 82.9 Å². The summed E-state index contributed by atoms with van der Waals surface area (Å²) in [6.07, 6.45) is 8.09. The van der Waals surface area contributed by atoms with Crippen LogP contribution in [0.2, 0.25) is 0 Å². The molecule has 63 heavy (non-hydrogen) atoms. The van der Waals surface area contributed by atoms with E-state index in [-0.39, 0.29) is 12.1 Å². The molecule has 2 bridgehead atoms. The highest BCUT2D eigenvalue weighted by atomic mass is 32.2. The molecule has 1 aliphatic carbocycles. The van der Waals surface area contributed by atoms with Crippen LogP contribution < -0.4 is 25.3 Å². The number of ether oxygens (including phenoxy) is 2. The number of fused-ring (bicyclic) bond motifs is 6. The van der Waals surface area contributed by atoms with E-state index in [1.165, 1.54) is 0 Å². The first-order valence-electron chi connectivity index (χ1n) is 22.1. The molecule has 1 aromatic carbocycles. The van der Waals surface area contributed by atoms with E-state index in [0.29, 0.717) is 77.6 Å². The van der Waals surface area contributed by atoms with Gasteiger partial charge in [0.25, 0.3) is 6.01 Å². The minimum absolute atomic E-state index is 0.0430. The molecule has 3 unspecified atom stereocenters. The third kappa shape index (κ3) is 7.71. The number of hydrogen-bond acceptors (Lipinski definition) is 17. The van der Waals surface area contributed by atoms with Crippen LogP contribution in [0.15, 0.2) is 51.2 Å². The van der Waals surface area contributed by atoms with Crippen LogP contribution in [0.5, 0.6) is 0 Å². The number of rotatable bonds is 11. The Labute approximate surface area is 369 Å². The minimum atomic E-state index is -1.10. The molecule has 0 spiro atoms. The molecule has 10 heterocycles. The van der Waals surface area contributed by atoms with Gasteiger partial charge in [-0.25, -0.2) is 15.0 Å². The number of aromatic nitrogens is 7. The summed E-state index contributed by atoms with van der Waals surface area (Å²) in [5.74, 6) is 5.43. The quantitative estimate of drug-likeness (QED) is 0.162. The third-order valence-electron chi connectivity index (χ3n) is 13.2. The first kappa shape index (κ1) is 40.6. The summed E-state index contributed by atoms with van der Waals surface area (Å²) in [7, 11) is -2.13. The van der Waals surface area contributed by atoms with Crippen molar-refractivity contribution in [1.82, 2.24) is 34.5 Å². The number of para-hydroxylation sites is 2. The standard InChI is InChI=1S/C23H26N6O3S.C20H26N6O3S/c30-33-10-7-18-20(33)21(24-14-5-8-31-9-6-14)27-22(25-18)28-12-16-11-15(28)13-29(16)23-26-17-3-1-2-4-19(17)32-23;1-3-29-13(2)15-10-25-7-8-26(11-16(25)21-15)19-22-14-4-9-30(28)17(14)18(23-19)24-20(12-27)5-6-20/h1-4,14-16H,5-13H2,(H,24,25,27);10,27H,2-9,11-12H2,1H3,(H,22,23,24)/t15?,16-,33?;/m1./s1. The lowest BCUT2D eigenvalue weighted by atomic mass is 10.1. The van der Waals surface area contributed by atoms with E-state index in [2.05, 4.69) is 41.5 Å². The van der Waals surface area contributed by atoms with Gasteiger partial charge in [0.05, 0.1) is 70.4 Å². The smallest absolute Gasteiger partial charge is 0.298 e. The van der Waals surface area contributed by atoms with Gasteiger partial charge in [-0.2, -0.15) is 15.0 Å². The molecule has 5 aromatic rings. The number of aliphatic hydroxyl groups is 1. The van der Waals surface area contributed by atoms with Crippen molar-refractivity contribution < 1.29 is 27.4 Å². The number of piperazine rings is 1. The van der Waals surface area contributed by atoms with Crippen molar-refractivity contribution in [2.45, 2.75) is 98.4 Å².